The zero-order valence-corrected chi connectivity index (χ0v) is 11.1. The molecule has 0 bridgehead atoms. The third-order valence-electron chi connectivity index (χ3n) is 2.62. The Bertz CT molecular complexity index is 806. The molecule has 0 saturated carbocycles. The van der Waals surface area contributed by atoms with Crippen molar-refractivity contribution in [2.45, 2.75) is 6.92 Å². The zero-order chi connectivity index (χ0) is 14.7. The Morgan fingerprint density at radius 2 is 1.95 bits per heavy atom. The molecule has 0 N–H and O–H groups in total. The largest absolute Gasteiger partial charge is 0.387 e. The van der Waals surface area contributed by atoms with E-state index in [4.69, 9.17) is 10.00 Å². The molecule has 0 saturated heterocycles. The second kappa shape index (κ2) is 5.38. The molecule has 1 aromatic carbocycles. The van der Waals surface area contributed by atoms with Crippen LogP contribution >= 0.6 is 0 Å². The summed E-state index contributed by atoms with van der Waals surface area (Å²) in [5.74, 6) is 0. The van der Waals surface area contributed by atoms with Crippen molar-refractivity contribution in [1.82, 2.24) is 24.7 Å². The van der Waals surface area contributed by atoms with E-state index in [2.05, 4.69) is 20.1 Å². The lowest BCUT2D eigenvalue weighted by Gasteiger charge is -2.01. The van der Waals surface area contributed by atoms with E-state index >= 15 is 0 Å². The van der Waals surface area contributed by atoms with Crippen LogP contribution in [0.5, 0.6) is 12.0 Å². The monoisotopic (exact) mass is 278 g/mol. The van der Waals surface area contributed by atoms with Gasteiger partial charge in [-0.25, -0.2) is 9.67 Å². The minimum Gasteiger partial charge on any atom is -0.387 e. The van der Waals surface area contributed by atoms with Crippen LogP contribution in [-0.2, 0) is 0 Å². The average Bonchev–Trinajstić information content (AvgIpc) is 2.96. The van der Waals surface area contributed by atoms with Gasteiger partial charge in [0.25, 0.3) is 0 Å². The molecular weight excluding hydrogens is 268 g/mol. The number of para-hydroxylation sites is 1. The molecular formula is C14H10N6O. The van der Waals surface area contributed by atoms with Crippen LogP contribution in [0.3, 0.4) is 0 Å². The average molecular weight is 278 g/mol. The number of nitrogens with zero attached hydrogens (tertiary/aromatic N) is 6. The molecule has 0 aliphatic rings. The topological polar surface area (TPSA) is 89.5 Å². The van der Waals surface area contributed by atoms with E-state index in [-0.39, 0.29) is 17.7 Å². The van der Waals surface area contributed by atoms with Crippen LogP contribution in [0, 0.1) is 18.3 Å². The minimum atomic E-state index is 0.0531. The number of hydrogen-bond acceptors (Lipinski definition) is 6. The first-order valence-electron chi connectivity index (χ1n) is 6.15. The minimum absolute atomic E-state index is 0.0531. The first-order valence-corrected chi connectivity index (χ1v) is 6.15. The van der Waals surface area contributed by atoms with Crippen LogP contribution < -0.4 is 4.74 Å². The SMILES string of the molecule is Cc1cc(C#N)nc(Oc2ncn(-c3ccccc3)n2)n1. The number of rotatable bonds is 3. The number of aryl methyl sites for hydroxylation is 1. The number of aromatic nitrogens is 5. The second-order valence-electron chi connectivity index (χ2n) is 4.20. The maximum atomic E-state index is 8.87. The fourth-order valence-corrected chi connectivity index (χ4v) is 1.73. The predicted octanol–water partition coefficient (Wildman–Crippen LogP) is 2.03. The van der Waals surface area contributed by atoms with Gasteiger partial charge in [0.15, 0.2) is 0 Å². The lowest BCUT2D eigenvalue weighted by atomic mass is 10.3. The molecule has 2 heterocycles. The Hall–Kier alpha value is -3.27. The van der Waals surface area contributed by atoms with Gasteiger partial charge in [0, 0.05) is 5.69 Å². The van der Waals surface area contributed by atoms with Crippen molar-refractivity contribution < 1.29 is 4.74 Å². The molecule has 2 aromatic heterocycles. The summed E-state index contributed by atoms with van der Waals surface area (Å²) in [5, 5.41) is 13.1. The van der Waals surface area contributed by atoms with Gasteiger partial charge in [0.05, 0.1) is 5.69 Å². The molecule has 0 spiro atoms. The van der Waals surface area contributed by atoms with Crippen LogP contribution in [-0.4, -0.2) is 24.7 Å². The van der Waals surface area contributed by atoms with E-state index < -0.39 is 0 Å². The highest BCUT2D eigenvalue weighted by atomic mass is 16.5. The Kier molecular flexibility index (Phi) is 3.27. The third kappa shape index (κ3) is 2.84. The Balaban J connectivity index is 1.85. The summed E-state index contributed by atoms with van der Waals surface area (Å²) in [6.45, 7) is 1.76. The van der Waals surface area contributed by atoms with Crippen molar-refractivity contribution >= 4 is 0 Å². The molecule has 0 aliphatic heterocycles. The van der Waals surface area contributed by atoms with Crippen molar-refractivity contribution in [3.05, 3.63) is 54.1 Å². The van der Waals surface area contributed by atoms with Gasteiger partial charge in [0.2, 0.25) is 0 Å². The van der Waals surface area contributed by atoms with Crippen LogP contribution in [0.15, 0.2) is 42.7 Å². The van der Waals surface area contributed by atoms with Gasteiger partial charge in [-0.05, 0) is 25.1 Å². The molecule has 7 nitrogen and oxygen atoms in total. The normalized spacial score (nSPS) is 10.1. The first kappa shape index (κ1) is 12.7. The Labute approximate surface area is 120 Å². The lowest BCUT2D eigenvalue weighted by Crippen LogP contribution is -1.98. The maximum Gasteiger partial charge on any atom is 0.343 e. The molecule has 3 rings (SSSR count). The molecule has 0 radical (unpaired) electrons. The molecule has 0 unspecified atom stereocenters. The molecule has 21 heavy (non-hydrogen) atoms. The van der Waals surface area contributed by atoms with Gasteiger partial charge < -0.3 is 4.74 Å². The number of nitriles is 1. The fraction of sp³-hybridized carbons (Fsp3) is 0.0714. The third-order valence-corrected chi connectivity index (χ3v) is 2.62. The summed E-state index contributed by atoms with van der Waals surface area (Å²) in [4.78, 5) is 12.1. The van der Waals surface area contributed by atoms with E-state index in [9.17, 15) is 0 Å². The molecule has 3 aromatic rings. The standard InChI is InChI=1S/C14H10N6O/c1-10-7-11(8-15)18-14(17-10)21-13-16-9-20(19-13)12-5-3-2-4-6-12/h2-7,9H,1H3. The van der Waals surface area contributed by atoms with Gasteiger partial charge in [-0.3, -0.25) is 0 Å². The number of ether oxygens (including phenoxy) is 1. The highest BCUT2D eigenvalue weighted by Gasteiger charge is 2.09. The van der Waals surface area contributed by atoms with Crippen molar-refractivity contribution in [2.75, 3.05) is 0 Å². The van der Waals surface area contributed by atoms with Gasteiger partial charge in [-0.2, -0.15) is 15.2 Å². The van der Waals surface area contributed by atoms with Gasteiger partial charge in [0.1, 0.15) is 18.1 Å². The number of benzene rings is 1. The van der Waals surface area contributed by atoms with Crippen molar-refractivity contribution in [3.63, 3.8) is 0 Å². The molecule has 0 fully saturated rings. The second-order valence-corrected chi connectivity index (χ2v) is 4.20. The summed E-state index contributed by atoms with van der Waals surface area (Å²) >= 11 is 0. The molecule has 102 valence electrons. The van der Waals surface area contributed by atoms with E-state index in [1.54, 1.807) is 17.7 Å². The zero-order valence-electron chi connectivity index (χ0n) is 11.1. The van der Waals surface area contributed by atoms with Gasteiger partial charge >= 0.3 is 12.0 Å². The molecule has 7 heteroatoms. The van der Waals surface area contributed by atoms with Gasteiger partial charge in [-0.15, -0.1) is 5.10 Å². The van der Waals surface area contributed by atoms with E-state index in [1.165, 1.54) is 6.33 Å². The van der Waals surface area contributed by atoms with Crippen LogP contribution in [0.2, 0.25) is 0 Å². The predicted molar refractivity (Wildman–Crippen MR) is 72.9 cm³/mol. The van der Waals surface area contributed by atoms with Crippen molar-refractivity contribution in [3.8, 4) is 23.8 Å². The van der Waals surface area contributed by atoms with E-state index in [0.717, 1.165) is 5.69 Å². The summed E-state index contributed by atoms with van der Waals surface area (Å²) in [6.07, 6.45) is 1.53. The molecule has 0 aliphatic carbocycles. The van der Waals surface area contributed by atoms with E-state index in [1.807, 2.05) is 36.4 Å². The molecule has 0 amide bonds. The summed E-state index contributed by atoms with van der Waals surface area (Å²) in [7, 11) is 0. The Morgan fingerprint density at radius 3 is 2.71 bits per heavy atom. The van der Waals surface area contributed by atoms with Crippen LogP contribution in [0.4, 0.5) is 0 Å². The highest BCUT2D eigenvalue weighted by Crippen LogP contribution is 2.15. The first-order chi connectivity index (χ1) is 10.2. The van der Waals surface area contributed by atoms with Crippen LogP contribution in [0.1, 0.15) is 11.4 Å². The summed E-state index contributed by atoms with van der Waals surface area (Å²) in [5.41, 5.74) is 1.74. The van der Waals surface area contributed by atoms with Crippen molar-refractivity contribution in [2.24, 2.45) is 0 Å². The quantitative estimate of drug-likeness (QED) is 0.728. The molecule has 0 atom stereocenters. The summed E-state index contributed by atoms with van der Waals surface area (Å²) < 4.78 is 6.97. The van der Waals surface area contributed by atoms with Crippen LogP contribution in [0.25, 0.3) is 5.69 Å². The smallest absolute Gasteiger partial charge is 0.343 e. The maximum absolute atomic E-state index is 8.87. The summed E-state index contributed by atoms with van der Waals surface area (Å²) in [6, 6.07) is 13.2. The fourth-order valence-electron chi connectivity index (χ4n) is 1.73. The lowest BCUT2D eigenvalue weighted by molar-refractivity contribution is 0.405. The van der Waals surface area contributed by atoms with E-state index in [0.29, 0.717) is 5.69 Å². The van der Waals surface area contributed by atoms with Crippen molar-refractivity contribution in [1.29, 1.82) is 5.26 Å². The Morgan fingerprint density at radius 1 is 1.14 bits per heavy atom. The van der Waals surface area contributed by atoms with Gasteiger partial charge in [-0.1, -0.05) is 18.2 Å². The number of hydrogen-bond donors (Lipinski definition) is 0. The highest BCUT2D eigenvalue weighted by molar-refractivity contribution is 5.30.